The molecule has 2 heterocycles. The number of rotatable bonds is 4. The molecule has 1 unspecified atom stereocenters. The van der Waals surface area contributed by atoms with Crippen LogP contribution in [0.4, 0.5) is 10.5 Å². The summed E-state index contributed by atoms with van der Waals surface area (Å²) < 4.78 is 2.98. The number of aromatic nitrogens is 2. The quantitative estimate of drug-likeness (QED) is 0.366. The van der Waals surface area contributed by atoms with E-state index < -0.39 is 11.9 Å². The highest BCUT2D eigenvalue weighted by atomic mass is 35.5. The van der Waals surface area contributed by atoms with E-state index >= 15 is 0 Å². The molecule has 3 N–H and O–H groups in total. The first-order chi connectivity index (χ1) is 17.2. The lowest BCUT2D eigenvalue weighted by atomic mass is 10.0. The van der Waals surface area contributed by atoms with Crippen LogP contribution in [0.3, 0.4) is 0 Å². The van der Waals surface area contributed by atoms with E-state index in [4.69, 9.17) is 11.6 Å². The van der Waals surface area contributed by atoms with Gasteiger partial charge in [0.15, 0.2) is 0 Å². The van der Waals surface area contributed by atoms with Gasteiger partial charge >= 0.3 is 11.7 Å². The fourth-order valence-corrected chi connectivity index (χ4v) is 4.89. The number of fused-ring (bicyclic) bond motifs is 3. The third-order valence-corrected chi connectivity index (χ3v) is 6.99. The molecule has 0 radical (unpaired) electrons. The number of nitrogens with zero attached hydrogens (tertiary/aromatic N) is 2. The zero-order chi connectivity index (χ0) is 25.6. The molecule has 9 nitrogen and oxygen atoms in total. The molecule has 3 aromatic carbocycles. The first-order valence-corrected chi connectivity index (χ1v) is 11.9. The topological polar surface area (TPSA) is 114 Å². The summed E-state index contributed by atoms with van der Waals surface area (Å²) in [5.74, 6) is -0.804. The van der Waals surface area contributed by atoms with Crippen LogP contribution in [0.5, 0.6) is 0 Å². The van der Waals surface area contributed by atoms with Gasteiger partial charge in [-0.15, -0.1) is 0 Å². The monoisotopic (exact) mass is 505 g/mol. The van der Waals surface area contributed by atoms with E-state index in [0.717, 1.165) is 21.9 Å². The number of aryl methyl sites for hydroxylation is 2. The van der Waals surface area contributed by atoms with Crippen LogP contribution in [-0.4, -0.2) is 27.0 Å². The molecule has 1 saturated heterocycles. The molecule has 1 aliphatic rings. The van der Waals surface area contributed by atoms with Crippen molar-refractivity contribution in [3.05, 3.63) is 75.2 Å². The first kappa shape index (κ1) is 23.6. The smallest absolute Gasteiger partial charge is 0.329 e. The van der Waals surface area contributed by atoms with E-state index in [1.54, 1.807) is 25.2 Å². The van der Waals surface area contributed by atoms with Crippen LogP contribution in [0.2, 0.25) is 5.02 Å². The minimum absolute atomic E-state index is 0.180. The highest BCUT2D eigenvalue weighted by molar-refractivity contribution is 6.31. The Kier molecular flexibility index (Phi) is 6.01. The second-order valence-corrected chi connectivity index (χ2v) is 9.30. The van der Waals surface area contributed by atoms with Crippen molar-refractivity contribution in [3.63, 3.8) is 0 Å². The molecule has 184 valence electrons. The standard InChI is InChI=1S/C26H24ClN5O4/c1-14-6-7-16(12-19(14)27)29-25(35)28-13-15-4-3-5-18-17(15)8-9-20-23(18)31(2)26(36)32(20)21-10-11-22(33)30-24(21)34/h3-9,12,21H,10-11,13H2,1-2H3,(H2,28,29,35)(H,30,33,34). The van der Waals surface area contributed by atoms with Crippen molar-refractivity contribution in [3.8, 4) is 0 Å². The van der Waals surface area contributed by atoms with Crippen molar-refractivity contribution < 1.29 is 14.4 Å². The maximum atomic E-state index is 13.2. The number of piperidine rings is 1. The molecular weight excluding hydrogens is 482 g/mol. The number of halogens is 1. The number of amides is 4. The predicted molar refractivity (Wildman–Crippen MR) is 138 cm³/mol. The van der Waals surface area contributed by atoms with Crippen molar-refractivity contribution in [2.75, 3.05) is 5.32 Å². The number of imide groups is 1. The molecular formula is C26H24ClN5O4. The maximum absolute atomic E-state index is 13.2. The van der Waals surface area contributed by atoms with Gasteiger partial charge in [0.1, 0.15) is 6.04 Å². The first-order valence-electron chi connectivity index (χ1n) is 11.5. The second-order valence-electron chi connectivity index (χ2n) is 8.90. The molecule has 1 atom stereocenters. The summed E-state index contributed by atoms with van der Waals surface area (Å²) in [5, 5.41) is 10.2. The molecule has 0 bridgehead atoms. The normalized spacial score (nSPS) is 15.8. The molecule has 4 aromatic rings. The molecule has 4 amide bonds. The van der Waals surface area contributed by atoms with E-state index in [9.17, 15) is 19.2 Å². The van der Waals surface area contributed by atoms with E-state index in [0.29, 0.717) is 21.7 Å². The Bertz CT molecular complexity index is 1620. The minimum atomic E-state index is -0.750. The Balaban J connectivity index is 1.45. The zero-order valence-corrected chi connectivity index (χ0v) is 20.5. The second kappa shape index (κ2) is 9.16. The fraction of sp³-hybridized carbons (Fsp3) is 0.231. The number of hydrogen-bond donors (Lipinski definition) is 3. The van der Waals surface area contributed by atoms with Gasteiger partial charge in [-0.3, -0.25) is 24.0 Å². The van der Waals surface area contributed by atoms with Crippen molar-refractivity contribution in [2.45, 2.75) is 32.4 Å². The third-order valence-electron chi connectivity index (χ3n) is 6.58. The van der Waals surface area contributed by atoms with Gasteiger partial charge in [-0.25, -0.2) is 9.59 Å². The summed E-state index contributed by atoms with van der Waals surface area (Å²) >= 11 is 6.14. The van der Waals surface area contributed by atoms with Gasteiger partial charge in [0, 0.05) is 36.1 Å². The molecule has 1 aliphatic heterocycles. The maximum Gasteiger partial charge on any atom is 0.329 e. The molecule has 10 heteroatoms. The Labute approximate surface area is 211 Å². The van der Waals surface area contributed by atoms with Crippen LogP contribution in [0, 0.1) is 6.92 Å². The highest BCUT2D eigenvalue weighted by Crippen LogP contribution is 2.30. The highest BCUT2D eigenvalue weighted by Gasteiger charge is 2.31. The number of carbonyl (C=O) groups excluding carboxylic acids is 3. The van der Waals surface area contributed by atoms with Crippen LogP contribution in [0.1, 0.15) is 30.0 Å². The molecule has 0 spiro atoms. The van der Waals surface area contributed by atoms with Crippen molar-refractivity contribution in [2.24, 2.45) is 7.05 Å². The molecule has 0 aliphatic carbocycles. The Morgan fingerprint density at radius 2 is 1.92 bits per heavy atom. The average molecular weight is 506 g/mol. The zero-order valence-electron chi connectivity index (χ0n) is 19.7. The van der Waals surface area contributed by atoms with E-state index in [2.05, 4.69) is 16.0 Å². The van der Waals surface area contributed by atoms with Gasteiger partial charge in [-0.05, 0) is 48.1 Å². The number of hydrogen-bond acceptors (Lipinski definition) is 4. The largest absolute Gasteiger partial charge is 0.334 e. The van der Waals surface area contributed by atoms with Crippen molar-refractivity contribution in [1.82, 2.24) is 19.8 Å². The number of benzene rings is 3. The molecule has 5 rings (SSSR count). The van der Waals surface area contributed by atoms with Crippen molar-refractivity contribution in [1.29, 1.82) is 0 Å². The molecule has 36 heavy (non-hydrogen) atoms. The summed E-state index contributed by atoms with van der Waals surface area (Å²) in [6.45, 7) is 2.15. The van der Waals surface area contributed by atoms with E-state index in [-0.39, 0.29) is 37.0 Å². The van der Waals surface area contributed by atoms with Gasteiger partial charge in [0.05, 0.1) is 11.0 Å². The lowest BCUT2D eigenvalue weighted by molar-refractivity contribution is -0.135. The summed E-state index contributed by atoms with van der Waals surface area (Å²) in [4.78, 5) is 49.7. The van der Waals surface area contributed by atoms with Gasteiger partial charge < -0.3 is 10.6 Å². The van der Waals surface area contributed by atoms with Gasteiger partial charge in [-0.1, -0.05) is 41.9 Å². The third kappa shape index (κ3) is 4.11. The summed E-state index contributed by atoms with van der Waals surface area (Å²) in [6.07, 6.45) is 0.451. The summed E-state index contributed by atoms with van der Waals surface area (Å²) in [6, 6.07) is 13.6. The Hall–Kier alpha value is -4.11. The van der Waals surface area contributed by atoms with Gasteiger partial charge in [0.25, 0.3) is 0 Å². The number of anilines is 1. The molecule has 1 fully saturated rings. The predicted octanol–water partition coefficient (Wildman–Crippen LogP) is 3.75. The van der Waals surface area contributed by atoms with E-state index in [1.165, 1.54) is 9.13 Å². The fourth-order valence-electron chi connectivity index (χ4n) is 4.71. The number of nitrogens with one attached hydrogen (secondary N) is 3. The Morgan fingerprint density at radius 3 is 2.67 bits per heavy atom. The van der Waals surface area contributed by atoms with Crippen molar-refractivity contribution >= 4 is 56.9 Å². The average Bonchev–Trinajstić information content (AvgIpc) is 3.10. The summed E-state index contributed by atoms with van der Waals surface area (Å²) in [7, 11) is 1.66. The SMILES string of the molecule is Cc1ccc(NC(=O)NCc2cccc3c2ccc2c3n(C)c(=O)n2C2CCC(=O)NC2=O)cc1Cl. The summed E-state index contributed by atoms with van der Waals surface area (Å²) in [5.41, 5.74) is 3.35. The lowest BCUT2D eigenvalue weighted by Gasteiger charge is -2.22. The van der Waals surface area contributed by atoms with Crippen LogP contribution < -0.4 is 21.6 Å². The van der Waals surface area contributed by atoms with Crippen LogP contribution >= 0.6 is 11.6 Å². The Morgan fingerprint density at radius 1 is 1.11 bits per heavy atom. The van der Waals surface area contributed by atoms with E-state index in [1.807, 2.05) is 37.3 Å². The molecule has 1 aromatic heterocycles. The van der Waals surface area contributed by atoms with Crippen LogP contribution in [0.15, 0.2) is 53.3 Å². The lowest BCUT2D eigenvalue weighted by Crippen LogP contribution is -2.44. The molecule has 0 saturated carbocycles. The van der Waals surface area contributed by atoms with Gasteiger partial charge in [-0.2, -0.15) is 0 Å². The van der Waals surface area contributed by atoms with Crippen LogP contribution in [0.25, 0.3) is 21.8 Å². The number of urea groups is 1. The minimum Gasteiger partial charge on any atom is -0.334 e. The van der Waals surface area contributed by atoms with Crippen LogP contribution in [-0.2, 0) is 23.2 Å². The number of carbonyl (C=O) groups is 3. The van der Waals surface area contributed by atoms with Gasteiger partial charge in [0.2, 0.25) is 11.8 Å². The number of imidazole rings is 1.